The number of carbonyl (C=O) groups excluding carboxylic acids is 2. The molecule has 116 valence electrons. The molecule has 3 rings (SSSR count). The third-order valence-corrected chi connectivity index (χ3v) is 4.44. The third kappa shape index (κ3) is 3.02. The van der Waals surface area contributed by atoms with Gasteiger partial charge in [-0.2, -0.15) is 0 Å². The van der Waals surface area contributed by atoms with Crippen molar-refractivity contribution >= 4 is 17.8 Å². The van der Waals surface area contributed by atoms with E-state index >= 15 is 0 Å². The van der Waals surface area contributed by atoms with Gasteiger partial charge in [0.2, 0.25) is 11.8 Å². The van der Waals surface area contributed by atoms with Gasteiger partial charge in [0.15, 0.2) is 6.04 Å². The molecule has 7 nitrogen and oxygen atoms in total. The lowest BCUT2D eigenvalue weighted by Gasteiger charge is -2.34. The normalized spacial score (nSPS) is 29.8. The van der Waals surface area contributed by atoms with Crippen LogP contribution in [-0.4, -0.2) is 71.6 Å². The van der Waals surface area contributed by atoms with E-state index in [0.717, 1.165) is 19.4 Å². The van der Waals surface area contributed by atoms with Crippen LogP contribution < -0.4 is 0 Å². The van der Waals surface area contributed by atoms with Crippen LogP contribution in [0.5, 0.6) is 0 Å². The minimum Gasteiger partial charge on any atom is -0.480 e. The average molecular weight is 296 g/mol. The molecule has 0 bridgehead atoms. The number of aliphatic carboxylic acids is 1. The van der Waals surface area contributed by atoms with Crippen LogP contribution in [0.4, 0.5) is 0 Å². The van der Waals surface area contributed by atoms with E-state index in [4.69, 9.17) is 4.74 Å². The summed E-state index contributed by atoms with van der Waals surface area (Å²) >= 11 is 0. The predicted octanol–water partition coefficient (Wildman–Crippen LogP) is -0.443. The van der Waals surface area contributed by atoms with Crippen LogP contribution in [0.3, 0.4) is 0 Å². The number of morpholine rings is 1. The Bertz CT molecular complexity index is 462. The first kappa shape index (κ1) is 14.3. The molecule has 21 heavy (non-hydrogen) atoms. The standard InChI is InChI=1S/C14H20N2O5/c17-12-5-10(7-15(12)6-9-1-2-9)13(18)16-3-4-21-8-11(16)14(19)20/h9-11H,1-8H2,(H,19,20). The topological polar surface area (TPSA) is 87.1 Å². The molecule has 2 unspecified atom stereocenters. The van der Waals surface area contributed by atoms with Gasteiger partial charge in [0.1, 0.15) is 0 Å². The second-order valence-electron chi connectivity index (χ2n) is 6.10. The summed E-state index contributed by atoms with van der Waals surface area (Å²) < 4.78 is 5.14. The largest absolute Gasteiger partial charge is 0.480 e. The third-order valence-electron chi connectivity index (χ3n) is 4.44. The van der Waals surface area contributed by atoms with Crippen molar-refractivity contribution in [2.45, 2.75) is 25.3 Å². The Morgan fingerprint density at radius 1 is 1.33 bits per heavy atom. The van der Waals surface area contributed by atoms with E-state index in [1.165, 1.54) is 4.90 Å². The van der Waals surface area contributed by atoms with Gasteiger partial charge in [-0.15, -0.1) is 0 Å². The smallest absolute Gasteiger partial charge is 0.328 e. The Hall–Kier alpha value is -1.63. The summed E-state index contributed by atoms with van der Waals surface area (Å²) in [5.41, 5.74) is 0. The Morgan fingerprint density at radius 2 is 2.10 bits per heavy atom. The number of ether oxygens (including phenoxy) is 1. The first-order valence-corrected chi connectivity index (χ1v) is 7.45. The Kier molecular flexibility index (Phi) is 3.84. The summed E-state index contributed by atoms with van der Waals surface area (Å²) in [5, 5.41) is 9.18. The second kappa shape index (κ2) is 5.63. The molecular formula is C14H20N2O5. The molecule has 1 aliphatic carbocycles. The van der Waals surface area contributed by atoms with Gasteiger partial charge in [-0.25, -0.2) is 4.79 Å². The summed E-state index contributed by atoms with van der Waals surface area (Å²) in [6.45, 7) is 1.82. The Labute approximate surface area is 122 Å². The number of amides is 2. The SMILES string of the molecule is O=C(O)C1COCCN1C(=O)C1CC(=O)N(CC2CC2)C1. The molecule has 0 radical (unpaired) electrons. The lowest BCUT2D eigenvalue weighted by Crippen LogP contribution is -2.54. The summed E-state index contributed by atoms with van der Waals surface area (Å²) in [5.74, 6) is -1.07. The van der Waals surface area contributed by atoms with Gasteiger partial charge in [-0.3, -0.25) is 9.59 Å². The molecule has 0 aromatic rings. The van der Waals surface area contributed by atoms with E-state index in [2.05, 4.69) is 0 Å². The van der Waals surface area contributed by atoms with Crippen molar-refractivity contribution in [1.82, 2.24) is 9.80 Å². The molecule has 3 fully saturated rings. The summed E-state index contributed by atoms with van der Waals surface area (Å²) in [6, 6.07) is -0.932. The van der Waals surface area contributed by atoms with E-state index in [9.17, 15) is 19.5 Å². The van der Waals surface area contributed by atoms with Crippen molar-refractivity contribution in [3.05, 3.63) is 0 Å². The van der Waals surface area contributed by atoms with E-state index in [-0.39, 0.29) is 31.4 Å². The van der Waals surface area contributed by atoms with Crippen LogP contribution in [0.15, 0.2) is 0 Å². The first-order valence-electron chi connectivity index (χ1n) is 7.45. The highest BCUT2D eigenvalue weighted by atomic mass is 16.5. The molecule has 1 N–H and O–H groups in total. The minimum absolute atomic E-state index is 0.0142. The maximum atomic E-state index is 12.5. The van der Waals surface area contributed by atoms with Crippen molar-refractivity contribution < 1.29 is 24.2 Å². The van der Waals surface area contributed by atoms with E-state index in [1.54, 1.807) is 4.90 Å². The lowest BCUT2D eigenvalue weighted by atomic mass is 10.1. The number of carbonyl (C=O) groups is 3. The van der Waals surface area contributed by atoms with Crippen molar-refractivity contribution in [2.75, 3.05) is 32.8 Å². The quantitative estimate of drug-likeness (QED) is 0.760. The summed E-state index contributed by atoms with van der Waals surface area (Å²) in [6.07, 6.45) is 2.52. The van der Waals surface area contributed by atoms with Gasteiger partial charge < -0.3 is 19.6 Å². The fourth-order valence-electron chi connectivity index (χ4n) is 3.03. The zero-order valence-electron chi connectivity index (χ0n) is 11.9. The maximum absolute atomic E-state index is 12.5. The van der Waals surface area contributed by atoms with E-state index in [0.29, 0.717) is 19.1 Å². The molecule has 3 aliphatic rings. The number of hydrogen-bond acceptors (Lipinski definition) is 4. The van der Waals surface area contributed by atoms with Crippen LogP contribution in [0.2, 0.25) is 0 Å². The monoisotopic (exact) mass is 296 g/mol. The van der Waals surface area contributed by atoms with Gasteiger partial charge in [0.05, 0.1) is 19.1 Å². The number of nitrogens with zero attached hydrogens (tertiary/aromatic N) is 2. The van der Waals surface area contributed by atoms with Crippen LogP contribution in [-0.2, 0) is 19.1 Å². The van der Waals surface area contributed by atoms with E-state index in [1.807, 2.05) is 0 Å². The summed E-state index contributed by atoms with van der Waals surface area (Å²) in [4.78, 5) is 38.8. The van der Waals surface area contributed by atoms with Crippen LogP contribution >= 0.6 is 0 Å². The van der Waals surface area contributed by atoms with Crippen LogP contribution in [0.25, 0.3) is 0 Å². The molecule has 2 heterocycles. The maximum Gasteiger partial charge on any atom is 0.328 e. The second-order valence-corrected chi connectivity index (χ2v) is 6.10. The van der Waals surface area contributed by atoms with Gasteiger partial charge in [0.25, 0.3) is 0 Å². The number of rotatable bonds is 4. The summed E-state index contributed by atoms with van der Waals surface area (Å²) in [7, 11) is 0. The zero-order chi connectivity index (χ0) is 15.0. The van der Waals surface area contributed by atoms with Gasteiger partial charge in [-0.1, -0.05) is 0 Å². The molecule has 2 saturated heterocycles. The van der Waals surface area contributed by atoms with Crippen molar-refractivity contribution in [3.63, 3.8) is 0 Å². The van der Waals surface area contributed by atoms with Gasteiger partial charge >= 0.3 is 5.97 Å². The predicted molar refractivity (Wildman–Crippen MR) is 71.4 cm³/mol. The fraction of sp³-hybridized carbons (Fsp3) is 0.786. The van der Waals surface area contributed by atoms with Crippen molar-refractivity contribution in [1.29, 1.82) is 0 Å². The highest BCUT2D eigenvalue weighted by molar-refractivity contribution is 5.91. The average Bonchev–Trinajstić information content (AvgIpc) is 3.21. The Balaban J connectivity index is 1.64. The number of likely N-dealkylation sites (tertiary alicyclic amines) is 1. The first-order chi connectivity index (χ1) is 10.1. The molecule has 2 atom stereocenters. The van der Waals surface area contributed by atoms with Gasteiger partial charge in [-0.05, 0) is 18.8 Å². The molecule has 2 amide bonds. The molecule has 1 saturated carbocycles. The highest BCUT2D eigenvalue weighted by Crippen LogP contribution is 2.32. The van der Waals surface area contributed by atoms with Gasteiger partial charge in [0, 0.05) is 26.1 Å². The molecule has 2 aliphatic heterocycles. The van der Waals surface area contributed by atoms with Crippen LogP contribution in [0, 0.1) is 11.8 Å². The number of carboxylic acid groups (broad SMARTS) is 1. The number of hydrogen-bond donors (Lipinski definition) is 1. The minimum atomic E-state index is -1.05. The van der Waals surface area contributed by atoms with Crippen LogP contribution in [0.1, 0.15) is 19.3 Å². The van der Waals surface area contributed by atoms with Crippen molar-refractivity contribution in [3.8, 4) is 0 Å². The zero-order valence-corrected chi connectivity index (χ0v) is 11.9. The Morgan fingerprint density at radius 3 is 2.76 bits per heavy atom. The fourth-order valence-corrected chi connectivity index (χ4v) is 3.03. The highest BCUT2D eigenvalue weighted by Gasteiger charge is 2.42. The molecular weight excluding hydrogens is 276 g/mol. The lowest BCUT2D eigenvalue weighted by molar-refractivity contribution is -0.160. The molecule has 0 aromatic carbocycles. The molecule has 0 spiro atoms. The van der Waals surface area contributed by atoms with E-state index < -0.39 is 17.9 Å². The molecule has 7 heteroatoms. The molecule has 0 aromatic heterocycles. The number of carboxylic acids is 1. The van der Waals surface area contributed by atoms with Crippen molar-refractivity contribution in [2.24, 2.45) is 11.8 Å².